The summed E-state index contributed by atoms with van der Waals surface area (Å²) in [6.45, 7) is 21.9. The van der Waals surface area contributed by atoms with Crippen LogP contribution in [-0.4, -0.2) is 9.97 Å². The fourth-order valence-electron chi connectivity index (χ4n) is 3.89. The number of hydrogen-bond acceptors (Lipinski definition) is 3. The molecule has 4 aromatic rings. The standard InChI is InChI=1S/C15H12BrFN2.C15H14FN3/c1-9(2)12-7-11(17)8-13(15(12)16)10-4-5-19-14(6-10)18-3;1-9(2)12-7-11(16)8-13(15(12)17)10-4-5-19-14(6-10)18-3/h4-9H,1-2H3;4-9H,17H2,1-2H3. The largest absolute Gasteiger partial charge is 0.398 e. The Bertz CT molecular complexity index is 1430. The molecule has 0 radical (unpaired) electrons. The van der Waals surface area contributed by atoms with Gasteiger partial charge >= 0.3 is 0 Å². The number of pyridine rings is 2. The van der Waals surface area contributed by atoms with Crippen LogP contribution < -0.4 is 5.73 Å². The molecule has 2 aromatic carbocycles. The smallest absolute Gasteiger partial charge is 0.270 e. The lowest BCUT2D eigenvalue weighted by atomic mass is 9.94. The molecule has 0 aliphatic carbocycles. The summed E-state index contributed by atoms with van der Waals surface area (Å²) in [5.74, 6) is 0.326. The maximum Gasteiger partial charge on any atom is 0.270 e. The highest BCUT2D eigenvalue weighted by Crippen LogP contribution is 2.37. The molecule has 0 saturated carbocycles. The fourth-order valence-corrected chi connectivity index (χ4v) is 4.81. The maximum absolute atomic E-state index is 13.7. The van der Waals surface area contributed by atoms with E-state index in [9.17, 15) is 8.78 Å². The molecular formula is C30H26BrF2N5. The van der Waals surface area contributed by atoms with Gasteiger partial charge in [0.15, 0.2) is 0 Å². The highest BCUT2D eigenvalue weighted by Gasteiger charge is 2.15. The van der Waals surface area contributed by atoms with Crippen molar-refractivity contribution in [3.63, 3.8) is 0 Å². The molecule has 0 amide bonds. The molecule has 192 valence electrons. The Morgan fingerprint density at radius 2 is 1.18 bits per heavy atom. The van der Waals surface area contributed by atoms with Gasteiger partial charge in [0.05, 0.1) is 0 Å². The quantitative estimate of drug-likeness (QED) is 0.195. The number of hydrogen-bond donors (Lipinski definition) is 1. The van der Waals surface area contributed by atoms with Crippen molar-refractivity contribution in [2.24, 2.45) is 0 Å². The molecule has 0 fully saturated rings. The summed E-state index contributed by atoms with van der Waals surface area (Å²) in [5.41, 5.74) is 11.2. The molecule has 2 heterocycles. The molecule has 8 heteroatoms. The predicted octanol–water partition coefficient (Wildman–Crippen LogP) is 9.47. The highest BCUT2D eigenvalue weighted by molar-refractivity contribution is 9.10. The van der Waals surface area contributed by atoms with Crippen LogP contribution in [0.3, 0.4) is 0 Å². The monoisotopic (exact) mass is 573 g/mol. The normalized spacial score (nSPS) is 10.5. The Balaban J connectivity index is 0.000000211. The second kappa shape index (κ2) is 12.4. The van der Waals surface area contributed by atoms with E-state index in [1.807, 2.05) is 27.7 Å². The number of nitrogens with zero attached hydrogens (tertiary/aromatic N) is 4. The van der Waals surface area contributed by atoms with Gasteiger partial charge in [-0.05, 0) is 104 Å². The Labute approximate surface area is 230 Å². The van der Waals surface area contributed by atoms with E-state index in [0.717, 1.165) is 26.7 Å². The Kier molecular flexibility index (Phi) is 9.28. The van der Waals surface area contributed by atoms with Crippen molar-refractivity contribution in [3.8, 4) is 22.3 Å². The molecule has 0 spiro atoms. The molecule has 2 N–H and O–H groups in total. The van der Waals surface area contributed by atoms with Gasteiger partial charge in [-0.15, -0.1) is 9.97 Å². The summed E-state index contributed by atoms with van der Waals surface area (Å²) in [5, 5.41) is 0. The molecule has 4 rings (SSSR count). The molecule has 5 nitrogen and oxygen atoms in total. The highest BCUT2D eigenvalue weighted by atomic mass is 79.9. The average Bonchev–Trinajstić information content (AvgIpc) is 2.91. The molecule has 0 saturated heterocycles. The zero-order valence-electron chi connectivity index (χ0n) is 21.4. The van der Waals surface area contributed by atoms with Crippen molar-refractivity contribution in [2.45, 2.75) is 39.5 Å². The Morgan fingerprint density at radius 3 is 1.66 bits per heavy atom. The van der Waals surface area contributed by atoms with Gasteiger partial charge in [0.2, 0.25) is 0 Å². The van der Waals surface area contributed by atoms with Crippen molar-refractivity contribution in [2.75, 3.05) is 5.73 Å². The van der Waals surface area contributed by atoms with Gasteiger partial charge in [-0.1, -0.05) is 40.8 Å². The average molecular weight is 574 g/mol. The van der Waals surface area contributed by atoms with Crippen LogP contribution in [-0.2, 0) is 0 Å². The second-order valence-electron chi connectivity index (χ2n) is 9.15. The van der Waals surface area contributed by atoms with Gasteiger partial charge in [0, 0.05) is 15.7 Å². The summed E-state index contributed by atoms with van der Waals surface area (Å²) < 4.78 is 28.3. The van der Waals surface area contributed by atoms with Crippen molar-refractivity contribution < 1.29 is 8.78 Å². The summed E-state index contributed by atoms with van der Waals surface area (Å²) in [7, 11) is 0. The first-order chi connectivity index (χ1) is 18.0. The van der Waals surface area contributed by atoms with Crippen LogP contribution in [0, 0.1) is 24.8 Å². The first-order valence-electron chi connectivity index (χ1n) is 11.8. The predicted molar refractivity (Wildman–Crippen MR) is 152 cm³/mol. The first kappa shape index (κ1) is 28.4. The summed E-state index contributed by atoms with van der Waals surface area (Å²) >= 11 is 3.53. The zero-order valence-corrected chi connectivity index (χ0v) is 23.0. The van der Waals surface area contributed by atoms with E-state index in [1.165, 1.54) is 30.5 Å². The third kappa shape index (κ3) is 6.59. The maximum atomic E-state index is 13.7. The molecule has 38 heavy (non-hydrogen) atoms. The molecule has 0 unspecified atom stereocenters. The second-order valence-corrected chi connectivity index (χ2v) is 9.94. The lowest BCUT2D eigenvalue weighted by Gasteiger charge is -2.14. The zero-order chi connectivity index (χ0) is 28.0. The van der Waals surface area contributed by atoms with Gasteiger partial charge in [0.1, 0.15) is 24.0 Å². The van der Waals surface area contributed by atoms with Crippen LogP contribution in [0.15, 0.2) is 65.4 Å². The third-order valence-corrected chi connectivity index (χ3v) is 6.71. The van der Waals surface area contributed by atoms with Gasteiger partial charge in [0.25, 0.3) is 11.6 Å². The lowest BCUT2D eigenvalue weighted by molar-refractivity contribution is 0.623. The van der Waals surface area contributed by atoms with Gasteiger partial charge < -0.3 is 15.4 Å². The van der Waals surface area contributed by atoms with Crippen LogP contribution in [0.2, 0.25) is 0 Å². The van der Waals surface area contributed by atoms with Crippen molar-refractivity contribution in [1.82, 2.24) is 9.97 Å². The van der Waals surface area contributed by atoms with E-state index in [1.54, 1.807) is 30.5 Å². The fraction of sp³-hybridized carbons (Fsp3) is 0.200. The van der Waals surface area contributed by atoms with E-state index in [4.69, 9.17) is 18.9 Å². The first-order valence-corrected chi connectivity index (χ1v) is 12.6. The van der Waals surface area contributed by atoms with Crippen LogP contribution in [0.5, 0.6) is 0 Å². The van der Waals surface area contributed by atoms with Crippen LogP contribution in [0.25, 0.3) is 31.9 Å². The summed E-state index contributed by atoms with van der Waals surface area (Å²) in [6, 6.07) is 12.6. The topological polar surface area (TPSA) is 60.5 Å². The van der Waals surface area contributed by atoms with Crippen molar-refractivity contribution in [3.05, 3.63) is 111 Å². The molecule has 0 atom stereocenters. The van der Waals surface area contributed by atoms with Gasteiger partial charge in [-0.2, -0.15) is 0 Å². The number of rotatable bonds is 4. The molecule has 0 aliphatic rings. The van der Waals surface area contributed by atoms with Crippen molar-refractivity contribution in [1.29, 1.82) is 0 Å². The van der Waals surface area contributed by atoms with E-state index in [2.05, 4.69) is 35.6 Å². The lowest BCUT2D eigenvalue weighted by Crippen LogP contribution is -2.00. The number of aromatic nitrogens is 2. The van der Waals surface area contributed by atoms with E-state index in [-0.39, 0.29) is 29.3 Å². The minimum Gasteiger partial charge on any atom is -0.398 e. The van der Waals surface area contributed by atoms with E-state index >= 15 is 0 Å². The number of benzene rings is 2. The van der Waals surface area contributed by atoms with Gasteiger partial charge in [-0.25, -0.2) is 8.78 Å². The van der Waals surface area contributed by atoms with E-state index in [0.29, 0.717) is 22.6 Å². The number of anilines is 1. The Hall–Kier alpha value is -4.14. The van der Waals surface area contributed by atoms with Crippen LogP contribution in [0.4, 0.5) is 26.1 Å². The SMILES string of the molecule is [C-]#[N+]c1cc(-c2cc(F)cc(C(C)C)c2Br)ccn1.[C-]#[N+]c1cc(-c2cc(F)cc(C(C)C)c2N)ccn1. The number of nitrogens with two attached hydrogens (primary N) is 1. The summed E-state index contributed by atoms with van der Waals surface area (Å²) in [4.78, 5) is 14.4. The molecule has 2 aromatic heterocycles. The van der Waals surface area contributed by atoms with E-state index < -0.39 is 0 Å². The minimum absolute atomic E-state index is 0.136. The van der Waals surface area contributed by atoms with Gasteiger partial charge in [-0.3, -0.25) is 0 Å². The Morgan fingerprint density at radius 1 is 0.737 bits per heavy atom. The third-order valence-electron chi connectivity index (χ3n) is 5.83. The van der Waals surface area contributed by atoms with Crippen LogP contribution in [0.1, 0.15) is 50.7 Å². The number of halogens is 3. The minimum atomic E-state index is -0.325. The van der Waals surface area contributed by atoms with Crippen LogP contribution >= 0.6 is 15.9 Å². The molecular weight excluding hydrogens is 548 g/mol. The summed E-state index contributed by atoms with van der Waals surface area (Å²) in [6.07, 6.45) is 3.09. The molecule has 0 aliphatic heterocycles. The molecule has 0 bridgehead atoms. The number of nitrogen functional groups attached to an aromatic ring is 1. The van der Waals surface area contributed by atoms with Crippen molar-refractivity contribution >= 4 is 33.3 Å².